The van der Waals surface area contributed by atoms with E-state index in [0.717, 1.165) is 23.4 Å². The standard InChI is InChI=1S/C16H23NO3/c1-11-8-13(10-17-14-4-5-14)9-12(2)16(11)20-7-6-15(18)19-3/h8-9,14,17H,4-7,10H2,1-3H3. The van der Waals surface area contributed by atoms with Gasteiger partial charge in [0.1, 0.15) is 5.75 Å². The van der Waals surface area contributed by atoms with Crippen molar-refractivity contribution in [3.8, 4) is 5.75 Å². The van der Waals surface area contributed by atoms with Gasteiger partial charge < -0.3 is 14.8 Å². The van der Waals surface area contributed by atoms with Crippen molar-refractivity contribution < 1.29 is 14.3 Å². The van der Waals surface area contributed by atoms with Gasteiger partial charge in [-0.3, -0.25) is 4.79 Å². The van der Waals surface area contributed by atoms with Crippen molar-refractivity contribution in [2.45, 2.75) is 45.7 Å². The normalized spacial score (nSPS) is 14.2. The third kappa shape index (κ3) is 4.23. The van der Waals surface area contributed by atoms with Gasteiger partial charge in [-0.2, -0.15) is 0 Å². The second-order valence-corrected chi connectivity index (χ2v) is 5.39. The molecular weight excluding hydrogens is 254 g/mol. The van der Waals surface area contributed by atoms with E-state index in [-0.39, 0.29) is 12.4 Å². The largest absolute Gasteiger partial charge is 0.492 e. The molecule has 0 atom stereocenters. The Morgan fingerprint density at radius 1 is 1.30 bits per heavy atom. The molecule has 4 nitrogen and oxygen atoms in total. The van der Waals surface area contributed by atoms with E-state index in [1.165, 1.54) is 25.5 Å². The monoisotopic (exact) mass is 277 g/mol. The fourth-order valence-corrected chi connectivity index (χ4v) is 2.26. The topological polar surface area (TPSA) is 47.6 Å². The van der Waals surface area contributed by atoms with E-state index < -0.39 is 0 Å². The predicted molar refractivity (Wildman–Crippen MR) is 77.9 cm³/mol. The molecule has 20 heavy (non-hydrogen) atoms. The summed E-state index contributed by atoms with van der Waals surface area (Å²) < 4.78 is 10.3. The van der Waals surface area contributed by atoms with Gasteiger partial charge in [0.15, 0.2) is 0 Å². The van der Waals surface area contributed by atoms with Crippen LogP contribution in [0.25, 0.3) is 0 Å². The van der Waals surface area contributed by atoms with E-state index >= 15 is 0 Å². The second-order valence-electron chi connectivity index (χ2n) is 5.39. The van der Waals surface area contributed by atoms with E-state index in [1.807, 2.05) is 13.8 Å². The molecule has 0 bridgehead atoms. The van der Waals surface area contributed by atoms with E-state index in [4.69, 9.17) is 4.74 Å². The number of hydrogen-bond acceptors (Lipinski definition) is 4. The average molecular weight is 277 g/mol. The zero-order chi connectivity index (χ0) is 14.5. The summed E-state index contributed by atoms with van der Waals surface area (Å²) in [6.45, 7) is 5.35. The average Bonchev–Trinajstić information content (AvgIpc) is 3.23. The first-order valence-electron chi connectivity index (χ1n) is 7.13. The van der Waals surface area contributed by atoms with Gasteiger partial charge in [0.2, 0.25) is 0 Å². The van der Waals surface area contributed by atoms with Crippen molar-refractivity contribution >= 4 is 5.97 Å². The van der Waals surface area contributed by atoms with E-state index in [2.05, 4.69) is 22.2 Å². The van der Waals surface area contributed by atoms with Crippen LogP contribution >= 0.6 is 0 Å². The lowest BCUT2D eigenvalue weighted by molar-refractivity contribution is -0.141. The molecule has 1 aromatic rings. The molecule has 0 spiro atoms. The van der Waals surface area contributed by atoms with Gasteiger partial charge in [0, 0.05) is 12.6 Å². The molecule has 0 unspecified atom stereocenters. The lowest BCUT2D eigenvalue weighted by Crippen LogP contribution is -2.15. The van der Waals surface area contributed by atoms with E-state index in [1.54, 1.807) is 0 Å². The molecule has 1 aliphatic carbocycles. The zero-order valence-corrected chi connectivity index (χ0v) is 12.5. The van der Waals surface area contributed by atoms with Crippen LogP contribution in [0.1, 0.15) is 36.0 Å². The highest BCUT2D eigenvalue weighted by molar-refractivity contribution is 5.69. The Morgan fingerprint density at radius 3 is 2.50 bits per heavy atom. The Bertz CT molecular complexity index is 458. The highest BCUT2D eigenvalue weighted by atomic mass is 16.5. The summed E-state index contributed by atoms with van der Waals surface area (Å²) in [5, 5.41) is 3.51. The van der Waals surface area contributed by atoms with Crippen LogP contribution in [0.4, 0.5) is 0 Å². The fourth-order valence-electron chi connectivity index (χ4n) is 2.26. The van der Waals surface area contributed by atoms with Crippen molar-refractivity contribution in [1.82, 2.24) is 5.32 Å². The van der Waals surface area contributed by atoms with Crippen LogP contribution in [0.5, 0.6) is 5.75 Å². The maximum Gasteiger partial charge on any atom is 0.308 e. The van der Waals surface area contributed by atoms with Gasteiger partial charge in [-0.25, -0.2) is 0 Å². The molecule has 1 aromatic carbocycles. The minimum atomic E-state index is -0.245. The quantitative estimate of drug-likeness (QED) is 0.778. The van der Waals surface area contributed by atoms with Crippen LogP contribution in [-0.2, 0) is 16.1 Å². The van der Waals surface area contributed by atoms with Crippen LogP contribution in [0.2, 0.25) is 0 Å². The van der Waals surface area contributed by atoms with Crippen molar-refractivity contribution in [3.05, 3.63) is 28.8 Å². The molecular formula is C16H23NO3. The lowest BCUT2D eigenvalue weighted by atomic mass is 10.1. The van der Waals surface area contributed by atoms with Crippen molar-refractivity contribution in [2.75, 3.05) is 13.7 Å². The number of ether oxygens (including phenoxy) is 2. The lowest BCUT2D eigenvalue weighted by Gasteiger charge is -2.14. The molecule has 2 rings (SSSR count). The SMILES string of the molecule is COC(=O)CCOc1c(C)cc(CNC2CC2)cc1C. The van der Waals surface area contributed by atoms with Crippen molar-refractivity contribution in [2.24, 2.45) is 0 Å². The van der Waals surface area contributed by atoms with Gasteiger partial charge in [-0.05, 0) is 43.4 Å². The second kappa shape index (κ2) is 6.75. The van der Waals surface area contributed by atoms with Gasteiger partial charge in [0.05, 0.1) is 20.1 Å². The smallest absolute Gasteiger partial charge is 0.308 e. The number of rotatable bonds is 7. The molecule has 1 fully saturated rings. The fraction of sp³-hybridized carbons (Fsp3) is 0.562. The van der Waals surface area contributed by atoms with Crippen LogP contribution in [-0.4, -0.2) is 25.7 Å². The van der Waals surface area contributed by atoms with Crippen LogP contribution in [0.3, 0.4) is 0 Å². The molecule has 110 valence electrons. The first-order valence-corrected chi connectivity index (χ1v) is 7.13. The maximum absolute atomic E-state index is 11.1. The van der Waals surface area contributed by atoms with Gasteiger partial charge in [-0.1, -0.05) is 12.1 Å². The van der Waals surface area contributed by atoms with Crippen LogP contribution in [0.15, 0.2) is 12.1 Å². The highest BCUT2D eigenvalue weighted by Gasteiger charge is 2.20. The Kier molecular flexibility index (Phi) is 5.01. The highest BCUT2D eigenvalue weighted by Crippen LogP contribution is 2.26. The minimum Gasteiger partial charge on any atom is -0.492 e. The van der Waals surface area contributed by atoms with Gasteiger partial charge >= 0.3 is 5.97 Å². The zero-order valence-electron chi connectivity index (χ0n) is 12.5. The first-order chi connectivity index (χ1) is 9.60. The summed E-state index contributed by atoms with van der Waals surface area (Å²) in [5.74, 6) is 0.634. The number of carbonyl (C=O) groups excluding carboxylic acids is 1. The molecule has 1 N–H and O–H groups in total. The third-order valence-corrected chi connectivity index (χ3v) is 3.47. The third-order valence-electron chi connectivity index (χ3n) is 3.47. The summed E-state index contributed by atoms with van der Waals surface area (Å²) >= 11 is 0. The molecule has 1 aliphatic rings. The van der Waals surface area contributed by atoms with Crippen molar-refractivity contribution in [1.29, 1.82) is 0 Å². The summed E-state index contributed by atoms with van der Waals surface area (Å²) in [6.07, 6.45) is 2.87. The van der Waals surface area contributed by atoms with Gasteiger partial charge in [-0.15, -0.1) is 0 Å². The molecule has 4 heteroatoms. The van der Waals surface area contributed by atoms with Crippen LogP contribution < -0.4 is 10.1 Å². The minimum absolute atomic E-state index is 0.245. The van der Waals surface area contributed by atoms with E-state index in [0.29, 0.717) is 12.6 Å². The number of nitrogens with one attached hydrogen (secondary N) is 1. The number of esters is 1. The van der Waals surface area contributed by atoms with Crippen LogP contribution in [0, 0.1) is 13.8 Å². The number of hydrogen-bond donors (Lipinski definition) is 1. The molecule has 1 saturated carbocycles. The Balaban J connectivity index is 1.92. The molecule has 0 aliphatic heterocycles. The van der Waals surface area contributed by atoms with Crippen molar-refractivity contribution in [3.63, 3.8) is 0 Å². The molecule has 0 radical (unpaired) electrons. The summed E-state index contributed by atoms with van der Waals surface area (Å²) in [4.78, 5) is 11.1. The molecule has 0 amide bonds. The molecule has 0 saturated heterocycles. The number of aryl methyl sites for hydroxylation is 2. The number of carbonyl (C=O) groups is 1. The maximum atomic E-state index is 11.1. The summed E-state index contributed by atoms with van der Waals surface area (Å²) in [7, 11) is 1.39. The predicted octanol–water partition coefficient (Wildman–Crippen LogP) is 2.50. The Hall–Kier alpha value is -1.55. The Morgan fingerprint density at radius 2 is 1.95 bits per heavy atom. The number of benzene rings is 1. The summed E-state index contributed by atoms with van der Waals surface area (Å²) in [5.41, 5.74) is 3.51. The Labute approximate surface area is 120 Å². The summed E-state index contributed by atoms with van der Waals surface area (Å²) in [6, 6.07) is 5.01. The molecule has 0 aromatic heterocycles. The van der Waals surface area contributed by atoms with Gasteiger partial charge in [0.25, 0.3) is 0 Å². The first kappa shape index (κ1) is 14.9. The number of methoxy groups -OCH3 is 1. The molecule has 0 heterocycles. The van der Waals surface area contributed by atoms with E-state index in [9.17, 15) is 4.79 Å².